The number of nitrogens with zero attached hydrogens (tertiary/aromatic N) is 1. The summed E-state index contributed by atoms with van der Waals surface area (Å²) >= 11 is 0. The SMILES string of the molecule is Cc1cccc(OCC(O)CNC(C)c2ccncc2)c1. The van der Waals surface area contributed by atoms with E-state index in [1.54, 1.807) is 12.4 Å². The summed E-state index contributed by atoms with van der Waals surface area (Å²) in [5.41, 5.74) is 2.29. The van der Waals surface area contributed by atoms with E-state index in [-0.39, 0.29) is 12.6 Å². The molecule has 2 unspecified atom stereocenters. The van der Waals surface area contributed by atoms with E-state index in [0.29, 0.717) is 6.54 Å². The van der Waals surface area contributed by atoms with Crippen LogP contribution in [0, 0.1) is 6.92 Å². The summed E-state index contributed by atoms with van der Waals surface area (Å²) in [7, 11) is 0. The topological polar surface area (TPSA) is 54.4 Å². The average molecular weight is 286 g/mol. The highest BCUT2D eigenvalue weighted by molar-refractivity contribution is 5.27. The molecule has 2 N–H and O–H groups in total. The fourth-order valence-electron chi connectivity index (χ4n) is 2.04. The number of hydrogen-bond donors (Lipinski definition) is 2. The van der Waals surface area contributed by atoms with Crippen LogP contribution in [0.2, 0.25) is 0 Å². The van der Waals surface area contributed by atoms with Gasteiger partial charge in [0.05, 0.1) is 0 Å². The fourth-order valence-corrected chi connectivity index (χ4v) is 2.04. The van der Waals surface area contributed by atoms with E-state index in [9.17, 15) is 5.11 Å². The van der Waals surface area contributed by atoms with Crippen molar-refractivity contribution in [1.29, 1.82) is 0 Å². The lowest BCUT2D eigenvalue weighted by Crippen LogP contribution is -2.33. The second-order valence-corrected chi connectivity index (χ2v) is 5.19. The van der Waals surface area contributed by atoms with Gasteiger partial charge in [-0.05, 0) is 49.2 Å². The van der Waals surface area contributed by atoms with Gasteiger partial charge in [-0.15, -0.1) is 0 Å². The number of aryl methyl sites for hydroxylation is 1. The van der Waals surface area contributed by atoms with Crippen molar-refractivity contribution in [3.05, 3.63) is 59.9 Å². The molecule has 1 aromatic carbocycles. The lowest BCUT2D eigenvalue weighted by molar-refractivity contribution is 0.104. The molecular weight excluding hydrogens is 264 g/mol. The first kappa shape index (κ1) is 15.5. The summed E-state index contributed by atoms with van der Waals surface area (Å²) in [6.45, 7) is 4.83. The van der Waals surface area contributed by atoms with Gasteiger partial charge in [-0.3, -0.25) is 4.98 Å². The minimum atomic E-state index is -0.546. The zero-order valence-electron chi connectivity index (χ0n) is 12.5. The molecule has 4 heteroatoms. The van der Waals surface area contributed by atoms with Crippen molar-refractivity contribution >= 4 is 0 Å². The molecule has 2 rings (SSSR count). The van der Waals surface area contributed by atoms with Crippen molar-refractivity contribution in [2.24, 2.45) is 0 Å². The molecule has 0 aliphatic rings. The standard InChI is InChI=1S/C17H22N2O2/c1-13-4-3-5-17(10-13)21-12-16(20)11-19-14(2)15-6-8-18-9-7-15/h3-10,14,16,19-20H,11-12H2,1-2H3. The van der Waals surface area contributed by atoms with Crippen LogP contribution in [0.5, 0.6) is 5.75 Å². The first-order valence-electron chi connectivity index (χ1n) is 7.16. The molecule has 0 fully saturated rings. The summed E-state index contributed by atoms with van der Waals surface area (Å²) in [6.07, 6.45) is 2.99. The lowest BCUT2D eigenvalue weighted by atomic mass is 10.1. The highest BCUT2D eigenvalue weighted by Gasteiger charge is 2.09. The van der Waals surface area contributed by atoms with Gasteiger partial charge in [-0.2, -0.15) is 0 Å². The molecule has 0 amide bonds. The third-order valence-electron chi connectivity index (χ3n) is 3.30. The van der Waals surface area contributed by atoms with Crippen LogP contribution in [0.15, 0.2) is 48.8 Å². The third kappa shape index (κ3) is 5.17. The Morgan fingerprint density at radius 3 is 2.71 bits per heavy atom. The summed E-state index contributed by atoms with van der Waals surface area (Å²) in [6, 6.07) is 11.9. The molecule has 1 aromatic heterocycles. The Labute approximate surface area is 125 Å². The van der Waals surface area contributed by atoms with Crippen molar-refractivity contribution < 1.29 is 9.84 Å². The quantitative estimate of drug-likeness (QED) is 0.821. The van der Waals surface area contributed by atoms with Crippen molar-refractivity contribution in [2.45, 2.75) is 26.0 Å². The van der Waals surface area contributed by atoms with Crippen LogP contribution in [-0.2, 0) is 0 Å². The number of benzene rings is 1. The molecule has 2 atom stereocenters. The maximum absolute atomic E-state index is 9.98. The van der Waals surface area contributed by atoms with Crippen LogP contribution >= 0.6 is 0 Å². The smallest absolute Gasteiger partial charge is 0.119 e. The van der Waals surface area contributed by atoms with E-state index in [1.807, 2.05) is 43.3 Å². The molecule has 0 radical (unpaired) electrons. The number of aliphatic hydroxyl groups is 1. The summed E-state index contributed by atoms with van der Waals surface area (Å²) in [5.74, 6) is 0.788. The number of pyridine rings is 1. The molecule has 0 saturated heterocycles. The van der Waals surface area contributed by atoms with Gasteiger partial charge in [-0.1, -0.05) is 12.1 Å². The van der Waals surface area contributed by atoms with Gasteiger partial charge in [0.1, 0.15) is 18.5 Å². The average Bonchev–Trinajstić information content (AvgIpc) is 2.51. The van der Waals surface area contributed by atoms with Crippen LogP contribution in [0.3, 0.4) is 0 Å². The van der Waals surface area contributed by atoms with Crippen molar-refractivity contribution in [3.8, 4) is 5.75 Å². The number of nitrogens with one attached hydrogen (secondary N) is 1. The molecule has 21 heavy (non-hydrogen) atoms. The summed E-state index contributed by atoms with van der Waals surface area (Å²) in [4.78, 5) is 4.00. The number of ether oxygens (including phenoxy) is 1. The second-order valence-electron chi connectivity index (χ2n) is 5.19. The predicted molar refractivity (Wildman–Crippen MR) is 83.3 cm³/mol. The molecule has 1 heterocycles. The monoisotopic (exact) mass is 286 g/mol. The van der Waals surface area contributed by atoms with Crippen molar-refractivity contribution in [3.63, 3.8) is 0 Å². The minimum absolute atomic E-state index is 0.168. The Morgan fingerprint density at radius 1 is 1.24 bits per heavy atom. The van der Waals surface area contributed by atoms with E-state index in [2.05, 4.69) is 17.2 Å². The maximum Gasteiger partial charge on any atom is 0.119 e. The van der Waals surface area contributed by atoms with Crippen LogP contribution in [0.4, 0.5) is 0 Å². The second kappa shape index (κ2) is 7.76. The van der Waals surface area contributed by atoms with Gasteiger partial charge in [-0.25, -0.2) is 0 Å². The van der Waals surface area contributed by atoms with Gasteiger partial charge in [0, 0.05) is 25.0 Å². The first-order chi connectivity index (χ1) is 10.1. The van der Waals surface area contributed by atoms with E-state index >= 15 is 0 Å². The molecule has 0 aliphatic heterocycles. The zero-order chi connectivity index (χ0) is 15.1. The Bertz CT molecular complexity index is 545. The van der Waals surface area contributed by atoms with Crippen LogP contribution < -0.4 is 10.1 Å². The van der Waals surface area contributed by atoms with E-state index in [4.69, 9.17) is 4.74 Å². The Kier molecular flexibility index (Phi) is 5.72. The van der Waals surface area contributed by atoms with Crippen LogP contribution in [0.1, 0.15) is 24.1 Å². The Morgan fingerprint density at radius 2 is 2.00 bits per heavy atom. The number of rotatable bonds is 7. The normalized spacial score (nSPS) is 13.7. The summed E-state index contributed by atoms with van der Waals surface area (Å²) in [5, 5.41) is 13.3. The molecule has 0 spiro atoms. The van der Waals surface area contributed by atoms with E-state index in [0.717, 1.165) is 16.9 Å². The fraction of sp³-hybridized carbons (Fsp3) is 0.353. The maximum atomic E-state index is 9.98. The molecule has 0 aliphatic carbocycles. The number of aromatic nitrogens is 1. The van der Waals surface area contributed by atoms with Crippen molar-refractivity contribution in [2.75, 3.05) is 13.2 Å². The summed E-state index contributed by atoms with van der Waals surface area (Å²) < 4.78 is 5.59. The molecule has 0 saturated carbocycles. The van der Waals surface area contributed by atoms with Crippen LogP contribution in [-0.4, -0.2) is 29.3 Å². The molecule has 4 nitrogen and oxygen atoms in total. The van der Waals surface area contributed by atoms with E-state index < -0.39 is 6.10 Å². The van der Waals surface area contributed by atoms with Crippen molar-refractivity contribution in [1.82, 2.24) is 10.3 Å². The van der Waals surface area contributed by atoms with Crippen LogP contribution in [0.25, 0.3) is 0 Å². The lowest BCUT2D eigenvalue weighted by Gasteiger charge is -2.18. The van der Waals surface area contributed by atoms with Gasteiger partial charge >= 0.3 is 0 Å². The van der Waals surface area contributed by atoms with Gasteiger partial charge in [0.25, 0.3) is 0 Å². The Balaban J connectivity index is 1.73. The van der Waals surface area contributed by atoms with E-state index in [1.165, 1.54) is 0 Å². The predicted octanol–water partition coefficient (Wildman–Crippen LogP) is 2.48. The third-order valence-corrected chi connectivity index (χ3v) is 3.30. The highest BCUT2D eigenvalue weighted by Crippen LogP contribution is 2.13. The number of hydrogen-bond acceptors (Lipinski definition) is 4. The Hall–Kier alpha value is -1.91. The first-order valence-corrected chi connectivity index (χ1v) is 7.16. The molecular formula is C17H22N2O2. The zero-order valence-corrected chi connectivity index (χ0v) is 12.5. The van der Waals surface area contributed by atoms with Gasteiger partial charge in [0.15, 0.2) is 0 Å². The van der Waals surface area contributed by atoms with Gasteiger partial charge in [0.2, 0.25) is 0 Å². The largest absolute Gasteiger partial charge is 0.491 e. The molecule has 0 bridgehead atoms. The minimum Gasteiger partial charge on any atom is -0.491 e. The molecule has 112 valence electrons. The number of aliphatic hydroxyl groups excluding tert-OH is 1. The van der Waals surface area contributed by atoms with Gasteiger partial charge < -0.3 is 15.2 Å². The molecule has 2 aromatic rings. The highest BCUT2D eigenvalue weighted by atomic mass is 16.5.